The molecule has 9 heteroatoms. The van der Waals surface area contributed by atoms with E-state index in [4.69, 9.17) is 10.5 Å². The second kappa shape index (κ2) is 7.65. The molecule has 1 saturated heterocycles. The van der Waals surface area contributed by atoms with Gasteiger partial charge in [0.2, 0.25) is 10.0 Å². The Balaban J connectivity index is 0.00000264. The molecule has 0 bridgehead atoms. The molecule has 0 saturated carbocycles. The molecule has 7 nitrogen and oxygen atoms in total. The molecule has 23 heavy (non-hydrogen) atoms. The molecule has 1 aliphatic rings. The molecule has 2 rings (SSSR count). The second-order valence-corrected chi connectivity index (χ2v) is 7.42. The van der Waals surface area contributed by atoms with Crippen molar-refractivity contribution in [2.45, 2.75) is 44.6 Å². The highest BCUT2D eigenvalue weighted by atomic mass is 35.5. The fourth-order valence-corrected chi connectivity index (χ4v) is 4.65. The van der Waals surface area contributed by atoms with Gasteiger partial charge >= 0.3 is 5.97 Å². The molecule has 0 unspecified atom stereocenters. The minimum atomic E-state index is -3.64. The van der Waals surface area contributed by atoms with E-state index in [1.807, 2.05) is 0 Å². The predicted octanol–water partition coefficient (Wildman–Crippen LogP) is 1.34. The first-order chi connectivity index (χ1) is 10.3. The normalized spacial score (nSPS) is 16.9. The summed E-state index contributed by atoms with van der Waals surface area (Å²) in [5.74, 6) is -0.537. The number of halogens is 1. The molecule has 1 aromatic rings. The Morgan fingerprint density at radius 3 is 2.43 bits per heavy atom. The first-order valence-corrected chi connectivity index (χ1v) is 8.85. The summed E-state index contributed by atoms with van der Waals surface area (Å²) < 4.78 is 32.1. The molecule has 0 amide bonds. The van der Waals surface area contributed by atoms with Gasteiger partial charge in [-0.15, -0.1) is 12.4 Å². The second-order valence-electron chi connectivity index (χ2n) is 5.54. The molecule has 1 aromatic heterocycles. The standard InChI is InChI=1S/C14H23N3O4S.ClH/c1-4-21-14(18)12-9(2)13(10(3)16-12)22(19,20)17-7-5-11(15)6-8-17;/h11,16H,4-8,15H2,1-3H3;1H. The smallest absolute Gasteiger partial charge is 0.355 e. The van der Waals surface area contributed by atoms with Gasteiger partial charge in [-0.3, -0.25) is 0 Å². The maximum atomic E-state index is 12.8. The highest BCUT2D eigenvalue weighted by molar-refractivity contribution is 7.89. The number of aryl methyl sites for hydroxylation is 1. The Bertz CT molecular complexity index is 664. The van der Waals surface area contributed by atoms with Crippen molar-refractivity contribution in [3.63, 3.8) is 0 Å². The van der Waals surface area contributed by atoms with Crippen molar-refractivity contribution < 1.29 is 17.9 Å². The van der Waals surface area contributed by atoms with Gasteiger partial charge in [-0.05, 0) is 33.6 Å². The average molecular weight is 366 g/mol. The third kappa shape index (κ3) is 3.88. The van der Waals surface area contributed by atoms with Crippen molar-refractivity contribution >= 4 is 28.4 Å². The quantitative estimate of drug-likeness (QED) is 0.783. The lowest BCUT2D eigenvalue weighted by Gasteiger charge is -2.29. The van der Waals surface area contributed by atoms with Crippen LogP contribution in [0.1, 0.15) is 41.5 Å². The summed E-state index contributed by atoms with van der Waals surface area (Å²) in [6.45, 7) is 6.03. The van der Waals surface area contributed by atoms with Gasteiger partial charge in [-0.2, -0.15) is 4.31 Å². The molecule has 0 radical (unpaired) electrons. The van der Waals surface area contributed by atoms with Gasteiger partial charge < -0.3 is 15.5 Å². The molecular formula is C14H24ClN3O4S. The number of ether oxygens (including phenoxy) is 1. The van der Waals surface area contributed by atoms with Crippen LogP contribution in [0, 0.1) is 13.8 Å². The van der Waals surface area contributed by atoms with E-state index in [0.717, 1.165) is 0 Å². The number of H-pyrrole nitrogens is 1. The van der Waals surface area contributed by atoms with Crippen molar-refractivity contribution in [3.8, 4) is 0 Å². The summed E-state index contributed by atoms with van der Waals surface area (Å²) in [7, 11) is -3.64. The number of aromatic amines is 1. The lowest BCUT2D eigenvalue weighted by molar-refractivity contribution is 0.0519. The number of esters is 1. The van der Waals surface area contributed by atoms with Crippen LogP contribution in [-0.4, -0.2) is 49.4 Å². The minimum Gasteiger partial charge on any atom is -0.461 e. The molecule has 1 fully saturated rings. The van der Waals surface area contributed by atoms with Gasteiger partial charge in [-0.1, -0.05) is 0 Å². The Kier molecular flexibility index (Phi) is 6.64. The Morgan fingerprint density at radius 1 is 1.35 bits per heavy atom. The first-order valence-electron chi connectivity index (χ1n) is 7.41. The van der Waals surface area contributed by atoms with Crippen LogP contribution >= 0.6 is 12.4 Å². The number of sulfonamides is 1. The Morgan fingerprint density at radius 2 is 1.91 bits per heavy atom. The zero-order valence-electron chi connectivity index (χ0n) is 13.6. The number of piperidine rings is 1. The number of nitrogens with zero attached hydrogens (tertiary/aromatic N) is 1. The highest BCUT2D eigenvalue weighted by Gasteiger charge is 2.33. The zero-order chi connectivity index (χ0) is 16.5. The average Bonchev–Trinajstić information content (AvgIpc) is 2.75. The summed E-state index contributed by atoms with van der Waals surface area (Å²) >= 11 is 0. The highest BCUT2D eigenvalue weighted by Crippen LogP contribution is 2.28. The van der Waals surface area contributed by atoms with Crippen LogP contribution in [-0.2, 0) is 14.8 Å². The number of nitrogens with two attached hydrogens (primary N) is 1. The summed E-state index contributed by atoms with van der Waals surface area (Å²) in [5.41, 5.74) is 6.89. The number of nitrogens with one attached hydrogen (secondary N) is 1. The number of carbonyl (C=O) groups is 1. The molecule has 132 valence electrons. The molecular weight excluding hydrogens is 342 g/mol. The van der Waals surface area contributed by atoms with Gasteiger partial charge in [0.1, 0.15) is 10.6 Å². The van der Waals surface area contributed by atoms with E-state index in [1.165, 1.54) is 4.31 Å². The Hall–Kier alpha value is -1.09. The summed E-state index contributed by atoms with van der Waals surface area (Å²) in [4.78, 5) is 14.9. The minimum absolute atomic E-state index is 0. The molecule has 0 aromatic carbocycles. The molecule has 0 aliphatic carbocycles. The molecule has 2 heterocycles. The lowest BCUT2D eigenvalue weighted by atomic mass is 10.1. The van der Waals surface area contributed by atoms with Crippen LogP contribution in [0.15, 0.2) is 4.90 Å². The maximum absolute atomic E-state index is 12.8. The monoisotopic (exact) mass is 365 g/mol. The molecule has 0 spiro atoms. The van der Waals surface area contributed by atoms with E-state index >= 15 is 0 Å². The van der Waals surface area contributed by atoms with Crippen LogP contribution in [0.5, 0.6) is 0 Å². The van der Waals surface area contributed by atoms with Crippen LogP contribution < -0.4 is 5.73 Å². The van der Waals surface area contributed by atoms with Crippen molar-refractivity contribution in [3.05, 3.63) is 17.0 Å². The van der Waals surface area contributed by atoms with E-state index < -0.39 is 16.0 Å². The third-order valence-corrected chi connectivity index (χ3v) is 6.12. The number of rotatable bonds is 4. The number of aromatic nitrogens is 1. The summed E-state index contributed by atoms with van der Waals surface area (Å²) in [6, 6.07) is 0.0509. The molecule has 1 aliphatic heterocycles. The Labute approximate surface area is 143 Å². The lowest BCUT2D eigenvalue weighted by Crippen LogP contribution is -2.43. The van der Waals surface area contributed by atoms with Gasteiger partial charge in [0.05, 0.1) is 6.61 Å². The van der Waals surface area contributed by atoms with Gasteiger partial charge in [0, 0.05) is 30.4 Å². The van der Waals surface area contributed by atoms with E-state index in [1.54, 1.807) is 20.8 Å². The summed E-state index contributed by atoms with van der Waals surface area (Å²) in [6.07, 6.45) is 1.29. The van der Waals surface area contributed by atoms with Crippen LogP contribution in [0.25, 0.3) is 0 Å². The van der Waals surface area contributed by atoms with Gasteiger partial charge in [0.15, 0.2) is 0 Å². The van der Waals surface area contributed by atoms with E-state index in [2.05, 4.69) is 4.98 Å². The fraction of sp³-hybridized carbons (Fsp3) is 0.643. The topological polar surface area (TPSA) is 105 Å². The van der Waals surface area contributed by atoms with E-state index in [9.17, 15) is 13.2 Å². The van der Waals surface area contributed by atoms with Crippen molar-refractivity contribution in [2.75, 3.05) is 19.7 Å². The van der Waals surface area contributed by atoms with E-state index in [0.29, 0.717) is 37.2 Å². The predicted molar refractivity (Wildman–Crippen MR) is 89.4 cm³/mol. The molecule has 0 atom stereocenters. The molecule has 3 N–H and O–H groups in total. The third-order valence-electron chi connectivity index (χ3n) is 3.94. The SMILES string of the molecule is CCOC(=O)c1[nH]c(C)c(S(=O)(=O)N2CCC(N)CC2)c1C.Cl. The van der Waals surface area contributed by atoms with Crippen LogP contribution in [0.2, 0.25) is 0 Å². The van der Waals surface area contributed by atoms with Crippen molar-refractivity contribution in [1.29, 1.82) is 0 Å². The number of hydrogen-bond donors (Lipinski definition) is 2. The van der Waals surface area contributed by atoms with Crippen molar-refractivity contribution in [2.24, 2.45) is 5.73 Å². The maximum Gasteiger partial charge on any atom is 0.355 e. The number of carbonyl (C=O) groups excluding carboxylic acids is 1. The van der Waals surface area contributed by atoms with Gasteiger partial charge in [0.25, 0.3) is 0 Å². The summed E-state index contributed by atoms with van der Waals surface area (Å²) in [5, 5.41) is 0. The largest absolute Gasteiger partial charge is 0.461 e. The van der Waals surface area contributed by atoms with Gasteiger partial charge in [-0.25, -0.2) is 13.2 Å². The van der Waals surface area contributed by atoms with Crippen molar-refractivity contribution in [1.82, 2.24) is 9.29 Å². The fourth-order valence-electron chi connectivity index (χ4n) is 2.77. The zero-order valence-corrected chi connectivity index (χ0v) is 15.2. The van der Waals surface area contributed by atoms with E-state index in [-0.39, 0.29) is 35.6 Å². The number of hydrogen-bond acceptors (Lipinski definition) is 5. The van der Waals surface area contributed by atoms with Crippen LogP contribution in [0.4, 0.5) is 0 Å². The first kappa shape index (κ1) is 20.0. The van der Waals surface area contributed by atoms with Crippen LogP contribution in [0.3, 0.4) is 0 Å².